The fraction of sp³-hybridized carbons (Fsp3) is 0.500. The van der Waals surface area contributed by atoms with E-state index in [-0.39, 0.29) is 18.2 Å². The molecule has 0 aromatic heterocycles. The van der Waals surface area contributed by atoms with Crippen molar-refractivity contribution in [3.63, 3.8) is 0 Å². The second-order valence-electron chi connectivity index (χ2n) is 5.62. The summed E-state index contributed by atoms with van der Waals surface area (Å²) >= 11 is 0. The molecule has 1 aliphatic heterocycles. The van der Waals surface area contributed by atoms with Gasteiger partial charge in [0.25, 0.3) is 0 Å². The fourth-order valence-electron chi connectivity index (χ4n) is 2.71. The van der Waals surface area contributed by atoms with Gasteiger partial charge in [0.1, 0.15) is 6.04 Å². The monoisotopic (exact) mass is 290 g/mol. The zero-order valence-corrected chi connectivity index (χ0v) is 12.5. The van der Waals surface area contributed by atoms with Crippen LogP contribution in [0.5, 0.6) is 0 Å². The molecular weight excluding hydrogens is 268 g/mol. The van der Waals surface area contributed by atoms with Crippen LogP contribution < -0.4 is 5.32 Å². The van der Waals surface area contributed by atoms with Crippen LogP contribution in [0.15, 0.2) is 30.3 Å². The van der Waals surface area contributed by atoms with E-state index in [2.05, 4.69) is 5.32 Å². The lowest BCUT2D eigenvalue weighted by Gasteiger charge is -2.36. The number of benzene rings is 1. The predicted molar refractivity (Wildman–Crippen MR) is 79.4 cm³/mol. The van der Waals surface area contributed by atoms with Gasteiger partial charge < -0.3 is 15.3 Å². The van der Waals surface area contributed by atoms with Crippen molar-refractivity contribution >= 4 is 11.8 Å². The average molecular weight is 290 g/mol. The number of nitrogens with one attached hydrogen (secondary N) is 1. The summed E-state index contributed by atoms with van der Waals surface area (Å²) in [5, 5.41) is 13.3. The van der Waals surface area contributed by atoms with Gasteiger partial charge in [-0.05, 0) is 18.9 Å². The summed E-state index contributed by atoms with van der Waals surface area (Å²) in [6.45, 7) is 4.47. The summed E-state index contributed by atoms with van der Waals surface area (Å²) in [4.78, 5) is 25.9. The highest BCUT2D eigenvalue weighted by molar-refractivity contribution is 5.89. The Bertz CT molecular complexity index is 514. The maximum atomic E-state index is 12.5. The number of piperazine rings is 1. The summed E-state index contributed by atoms with van der Waals surface area (Å²) < 4.78 is 0. The molecule has 2 unspecified atom stereocenters. The van der Waals surface area contributed by atoms with Crippen LogP contribution in [0.1, 0.15) is 32.3 Å². The van der Waals surface area contributed by atoms with Crippen LogP contribution in [0.25, 0.3) is 0 Å². The molecule has 1 aromatic carbocycles. The van der Waals surface area contributed by atoms with Gasteiger partial charge in [0.15, 0.2) is 0 Å². The van der Waals surface area contributed by atoms with Crippen molar-refractivity contribution in [2.75, 3.05) is 13.1 Å². The molecule has 0 bridgehead atoms. The van der Waals surface area contributed by atoms with E-state index in [1.54, 1.807) is 24.0 Å². The lowest BCUT2D eigenvalue weighted by Crippen LogP contribution is -2.57. The molecule has 0 radical (unpaired) electrons. The zero-order valence-electron chi connectivity index (χ0n) is 12.5. The van der Waals surface area contributed by atoms with Gasteiger partial charge in [-0.25, -0.2) is 0 Å². The molecule has 1 aliphatic rings. The first-order chi connectivity index (χ1) is 9.95. The molecule has 0 saturated carbocycles. The third kappa shape index (κ3) is 3.42. The SMILES string of the molecule is CCC1C(=O)NCCN1C(=O)CC(C)(O)c1ccccc1. The van der Waals surface area contributed by atoms with Crippen LogP contribution in [-0.4, -0.2) is 41.0 Å². The van der Waals surface area contributed by atoms with E-state index in [9.17, 15) is 14.7 Å². The van der Waals surface area contributed by atoms with Crippen molar-refractivity contribution in [3.05, 3.63) is 35.9 Å². The Kier molecular flexibility index (Phi) is 4.63. The summed E-state index contributed by atoms with van der Waals surface area (Å²) in [6.07, 6.45) is 0.547. The first kappa shape index (κ1) is 15.5. The standard InChI is InChI=1S/C16H22N2O3/c1-3-13-15(20)17-9-10-18(13)14(19)11-16(2,21)12-7-5-4-6-8-12/h4-8,13,21H,3,9-11H2,1-2H3,(H,17,20). The normalized spacial score (nSPS) is 21.6. The molecule has 21 heavy (non-hydrogen) atoms. The summed E-state index contributed by atoms with van der Waals surface area (Å²) in [6, 6.07) is 8.69. The smallest absolute Gasteiger partial charge is 0.242 e. The molecule has 0 spiro atoms. The van der Waals surface area contributed by atoms with Crippen molar-refractivity contribution < 1.29 is 14.7 Å². The highest BCUT2D eigenvalue weighted by Gasteiger charge is 2.35. The van der Waals surface area contributed by atoms with Crippen LogP contribution in [0, 0.1) is 0 Å². The van der Waals surface area contributed by atoms with Gasteiger partial charge in [0, 0.05) is 13.1 Å². The Hall–Kier alpha value is -1.88. The Morgan fingerprint density at radius 3 is 2.71 bits per heavy atom. The van der Waals surface area contributed by atoms with E-state index in [1.165, 1.54) is 0 Å². The quantitative estimate of drug-likeness (QED) is 0.870. The second kappa shape index (κ2) is 6.26. The van der Waals surface area contributed by atoms with E-state index < -0.39 is 11.6 Å². The predicted octanol–water partition coefficient (Wildman–Crippen LogP) is 1.02. The van der Waals surface area contributed by atoms with Crippen LogP contribution in [0.3, 0.4) is 0 Å². The molecule has 2 amide bonds. The maximum Gasteiger partial charge on any atom is 0.242 e. The third-order valence-corrected chi connectivity index (χ3v) is 3.93. The van der Waals surface area contributed by atoms with Crippen LogP contribution in [0.2, 0.25) is 0 Å². The van der Waals surface area contributed by atoms with Crippen LogP contribution in [-0.2, 0) is 15.2 Å². The van der Waals surface area contributed by atoms with Gasteiger partial charge in [-0.15, -0.1) is 0 Å². The number of hydrogen-bond acceptors (Lipinski definition) is 3. The minimum absolute atomic E-state index is 0.0270. The number of hydrogen-bond donors (Lipinski definition) is 2. The molecule has 1 aromatic rings. The molecule has 114 valence electrons. The van der Waals surface area contributed by atoms with E-state index in [0.717, 1.165) is 0 Å². The molecule has 2 rings (SSSR count). The van der Waals surface area contributed by atoms with Gasteiger partial charge in [0.2, 0.25) is 11.8 Å². The van der Waals surface area contributed by atoms with Gasteiger partial charge in [0.05, 0.1) is 12.0 Å². The maximum absolute atomic E-state index is 12.5. The minimum atomic E-state index is -1.23. The Balaban J connectivity index is 2.11. The molecule has 5 heteroatoms. The third-order valence-electron chi connectivity index (χ3n) is 3.93. The molecule has 2 N–H and O–H groups in total. The van der Waals surface area contributed by atoms with Gasteiger partial charge in [-0.1, -0.05) is 37.3 Å². The van der Waals surface area contributed by atoms with Crippen LogP contribution >= 0.6 is 0 Å². The zero-order chi connectivity index (χ0) is 15.5. The Morgan fingerprint density at radius 2 is 2.10 bits per heavy atom. The highest BCUT2D eigenvalue weighted by Crippen LogP contribution is 2.26. The van der Waals surface area contributed by atoms with Crippen molar-refractivity contribution in [2.45, 2.75) is 38.3 Å². The number of aliphatic hydroxyl groups is 1. The Morgan fingerprint density at radius 1 is 1.43 bits per heavy atom. The van der Waals surface area contributed by atoms with Crippen LogP contribution in [0.4, 0.5) is 0 Å². The first-order valence-electron chi connectivity index (χ1n) is 7.31. The highest BCUT2D eigenvalue weighted by atomic mass is 16.3. The topological polar surface area (TPSA) is 69.6 Å². The molecule has 2 atom stereocenters. The van der Waals surface area contributed by atoms with E-state index in [1.807, 2.05) is 25.1 Å². The lowest BCUT2D eigenvalue weighted by molar-refractivity contribution is -0.146. The van der Waals surface area contributed by atoms with Gasteiger partial charge in [-0.3, -0.25) is 9.59 Å². The Labute approximate surface area is 125 Å². The van der Waals surface area contributed by atoms with Gasteiger partial charge >= 0.3 is 0 Å². The molecule has 1 saturated heterocycles. The number of amides is 2. The van der Waals surface area contributed by atoms with E-state index >= 15 is 0 Å². The summed E-state index contributed by atoms with van der Waals surface area (Å²) in [7, 11) is 0. The summed E-state index contributed by atoms with van der Waals surface area (Å²) in [5.74, 6) is -0.304. The molecule has 1 heterocycles. The number of rotatable bonds is 4. The molecule has 0 aliphatic carbocycles. The lowest BCUT2D eigenvalue weighted by atomic mass is 9.91. The van der Waals surface area contributed by atoms with Crippen molar-refractivity contribution in [1.82, 2.24) is 10.2 Å². The van der Waals surface area contributed by atoms with Crippen molar-refractivity contribution in [1.29, 1.82) is 0 Å². The fourth-order valence-corrected chi connectivity index (χ4v) is 2.71. The number of carbonyl (C=O) groups is 2. The van der Waals surface area contributed by atoms with Gasteiger partial charge in [-0.2, -0.15) is 0 Å². The largest absolute Gasteiger partial charge is 0.385 e. The average Bonchev–Trinajstić information content (AvgIpc) is 2.47. The van der Waals surface area contributed by atoms with Crippen molar-refractivity contribution in [3.8, 4) is 0 Å². The first-order valence-corrected chi connectivity index (χ1v) is 7.31. The molecular formula is C16H22N2O3. The van der Waals surface area contributed by atoms with Crippen molar-refractivity contribution in [2.24, 2.45) is 0 Å². The second-order valence-corrected chi connectivity index (χ2v) is 5.62. The summed E-state index contributed by atoms with van der Waals surface area (Å²) in [5.41, 5.74) is -0.530. The minimum Gasteiger partial charge on any atom is -0.385 e. The van der Waals surface area contributed by atoms with E-state index in [0.29, 0.717) is 25.1 Å². The number of carbonyl (C=O) groups excluding carboxylic acids is 2. The van der Waals surface area contributed by atoms with E-state index in [4.69, 9.17) is 0 Å². The number of nitrogens with zero attached hydrogens (tertiary/aromatic N) is 1. The molecule has 5 nitrogen and oxygen atoms in total. The molecule has 1 fully saturated rings.